The first kappa shape index (κ1) is 20.5. The molecule has 3 fully saturated rings. The molecular weight excluding hydrogens is 364 g/mol. The molecule has 0 spiro atoms. The highest BCUT2D eigenvalue weighted by atomic mass is 16.5. The Kier molecular flexibility index (Phi) is 6.93. The van der Waals surface area contributed by atoms with Gasteiger partial charge in [-0.3, -0.25) is 4.99 Å². The van der Waals surface area contributed by atoms with Crippen molar-refractivity contribution < 1.29 is 9.47 Å². The zero-order valence-corrected chi connectivity index (χ0v) is 18.0. The van der Waals surface area contributed by atoms with Gasteiger partial charge in [0.05, 0.1) is 12.7 Å². The number of hydrogen-bond acceptors (Lipinski definition) is 4. The number of hydrogen-bond donors (Lipinski definition) is 1. The van der Waals surface area contributed by atoms with E-state index in [0.29, 0.717) is 0 Å². The Hall–Kier alpha value is -1.79. The number of nitrogens with one attached hydrogen (secondary N) is 1. The van der Waals surface area contributed by atoms with Gasteiger partial charge < -0.3 is 24.6 Å². The summed E-state index contributed by atoms with van der Waals surface area (Å²) in [7, 11) is 1.86. The van der Waals surface area contributed by atoms with Crippen LogP contribution in [0.4, 0.5) is 5.69 Å². The van der Waals surface area contributed by atoms with Gasteiger partial charge in [0.25, 0.3) is 0 Å². The fourth-order valence-electron chi connectivity index (χ4n) is 4.59. The van der Waals surface area contributed by atoms with Crippen molar-refractivity contribution in [2.24, 2.45) is 10.9 Å². The van der Waals surface area contributed by atoms with Crippen LogP contribution >= 0.6 is 0 Å². The highest BCUT2D eigenvalue weighted by Crippen LogP contribution is 2.23. The zero-order chi connectivity index (χ0) is 20.1. The lowest BCUT2D eigenvalue weighted by Crippen LogP contribution is -2.53. The number of ether oxygens (including phenoxy) is 2. The average molecular weight is 401 g/mol. The van der Waals surface area contributed by atoms with E-state index in [1.54, 1.807) is 0 Å². The predicted molar refractivity (Wildman–Crippen MR) is 118 cm³/mol. The van der Waals surface area contributed by atoms with Crippen LogP contribution in [0.2, 0.25) is 0 Å². The summed E-state index contributed by atoms with van der Waals surface area (Å²) in [5.41, 5.74) is 2.63. The van der Waals surface area contributed by atoms with Gasteiger partial charge in [0.15, 0.2) is 5.96 Å². The molecule has 0 radical (unpaired) electrons. The topological polar surface area (TPSA) is 49.3 Å². The number of guanidine groups is 1. The van der Waals surface area contributed by atoms with Gasteiger partial charge in [-0.05, 0) is 49.3 Å². The molecule has 0 saturated carbocycles. The number of morpholine rings is 1. The van der Waals surface area contributed by atoms with Crippen LogP contribution in [-0.2, 0) is 16.0 Å². The van der Waals surface area contributed by atoms with Gasteiger partial charge in [0.1, 0.15) is 6.10 Å². The second kappa shape index (κ2) is 9.81. The molecule has 2 atom stereocenters. The highest BCUT2D eigenvalue weighted by molar-refractivity contribution is 5.80. The molecule has 1 aromatic carbocycles. The van der Waals surface area contributed by atoms with Gasteiger partial charge in [-0.2, -0.15) is 0 Å². The van der Waals surface area contributed by atoms with Crippen molar-refractivity contribution in [3.63, 3.8) is 0 Å². The first-order valence-electron chi connectivity index (χ1n) is 11.3. The molecular formula is C23H36N4O2. The smallest absolute Gasteiger partial charge is 0.194 e. The van der Waals surface area contributed by atoms with E-state index in [0.717, 1.165) is 57.6 Å². The Labute approximate surface area is 175 Å². The van der Waals surface area contributed by atoms with Crippen molar-refractivity contribution in [2.45, 2.75) is 51.4 Å². The Balaban J connectivity index is 1.29. The molecule has 160 valence electrons. The van der Waals surface area contributed by atoms with Gasteiger partial charge in [0, 0.05) is 52.1 Å². The molecule has 2 unspecified atom stereocenters. The lowest BCUT2D eigenvalue weighted by atomic mass is 9.99. The number of nitrogens with zero attached hydrogens (tertiary/aromatic N) is 3. The lowest BCUT2D eigenvalue weighted by molar-refractivity contribution is -0.0817. The summed E-state index contributed by atoms with van der Waals surface area (Å²) in [6.45, 7) is 8.80. The summed E-state index contributed by atoms with van der Waals surface area (Å²) in [5.74, 6) is 1.81. The molecule has 1 aromatic rings. The summed E-state index contributed by atoms with van der Waals surface area (Å²) < 4.78 is 11.8. The minimum atomic E-state index is 0.149. The summed E-state index contributed by atoms with van der Waals surface area (Å²) >= 11 is 0. The molecule has 3 aliphatic rings. The molecule has 0 aromatic heterocycles. The van der Waals surface area contributed by atoms with Crippen molar-refractivity contribution in [1.82, 2.24) is 10.2 Å². The van der Waals surface area contributed by atoms with E-state index in [1.165, 1.54) is 37.2 Å². The number of anilines is 1. The minimum Gasteiger partial charge on any atom is -0.375 e. The third-order valence-corrected chi connectivity index (χ3v) is 6.52. The monoisotopic (exact) mass is 400 g/mol. The maximum absolute atomic E-state index is 5.97. The van der Waals surface area contributed by atoms with Crippen LogP contribution in [0.15, 0.2) is 29.3 Å². The van der Waals surface area contributed by atoms with E-state index in [1.807, 2.05) is 7.05 Å². The van der Waals surface area contributed by atoms with Crippen LogP contribution in [0.1, 0.15) is 38.2 Å². The van der Waals surface area contributed by atoms with Crippen molar-refractivity contribution in [1.29, 1.82) is 0 Å². The summed E-state index contributed by atoms with van der Waals surface area (Å²) in [6.07, 6.45) is 5.23. The molecule has 3 aliphatic heterocycles. The largest absolute Gasteiger partial charge is 0.375 e. The Morgan fingerprint density at radius 3 is 2.48 bits per heavy atom. The predicted octanol–water partition coefficient (Wildman–Crippen LogP) is 2.88. The molecule has 29 heavy (non-hydrogen) atoms. The van der Waals surface area contributed by atoms with E-state index >= 15 is 0 Å². The second-order valence-electron chi connectivity index (χ2n) is 8.64. The Morgan fingerprint density at radius 2 is 1.79 bits per heavy atom. The van der Waals surface area contributed by atoms with Crippen molar-refractivity contribution >= 4 is 11.6 Å². The minimum absolute atomic E-state index is 0.149. The standard InChI is InChI=1S/C23H36N4O2/c1-18-9-11-26(12-10-18)20-7-5-19(6-8-20)16-25-23(24-2)27-13-15-29-22(17-27)21-4-3-14-28-21/h5-8,18,21-22H,3-4,9-17H2,1-2H3,(H,24,25). The SMILES string of the molecule is CN=C(NCc1ccc(N2CCC(C)CC2)cc1)N1CCOC(C2CCCO2)C1. The highest BCUT2D eigenvalue weighted by Gasteiger charge is 2.32. The van der Waals surface area contributed by atoms with Crippen molar-refractivity contribution in [3.05, 3.63) is 29.8 Å². The summed E-state index contributed by atoms with van der Waals surface area (Å²) in [6, 6.07) is 9.00. The molecule has 0 aliphatic carbocycles. The van der Waals surface area contributed by atoms with Gasteiger partial charge in [-0.15, -0.1) is 0 Å². The van der Waals surface area contributed by atoms with E-state index < -0.39 is 0 Å². The van der Waals surface area contributed by atoms with Crippen LogP contribution in [0.3, 0.4) is 0 Å². The third-order valence-electron chi connectivity index (χ3n) is 6.52. The first-order chi connectivity index (χ1) is 14.2. The van der Waals surface area contributed by atoms with Crippen LogP contribution in [0, 0.1) is 5.92 Å². The third kappa shape index (κ3) is 5.23. The Bertz CT molecular complexity index is 664. The lowest BCUT2D eigenvalue weighted by Gasteiger charge is -2.37. The van der Waals surface area contributed by atoms with Crippen molar-refractivity contribution in [3.8, 4) is 0 Å². The number of benzene rings is 1. The van der Waals surface area contributed by atoms with Gasteiger partial charge in [0.2, 0.25) is 0 Å². The van der Waals surface area contributed by atoms with E-state index in [9.17, 15) is 0 Å². The first-order valence-corrected chi connectivity index (χ1v) is 11.3. The second-order valence-corrected chi connectivity index (χ2v) is 8.64. The maximum Gasteiger partial charge on any atom is 0.194 e. The van der Waals surface area contributed by atoms with Gasteiger partial charge in [-0.25, -0.2) is 0 Å². The van der Waals surface area contributed by atoms with E-state index in [4.69, 9.17) is 9.47 Å². The normalized spacial score (nSPS) is 26.8. The van der Waals surface area contributed by atoms with Gasteiger partial charge >= 0.3 is 0 Å². The number of aliphatic imine (C=N–C) groups is 1. The maximum atomic E-state index is 5.97. The Morgan fingerprint density at radius 1 is 1.03 bits per heavy atom. The molecule has 4 rings (SSSR count). The summed E-state index contributed by atoms with van der Waals surface area (Å²) in [4.78, 5) is 9.33. The molecule has 3 heterocycles. The molecule has 0 bridgehead atoms. The van der Waals surface area contributed by atoms with Crippen LogP contribution in [-0.4, -0.2) is 69.5 Å². The average Bonchev–Trinajstić information content (AvgIpc) is 3.31. The molecule has 0 amide bonds. The molecule has 6 heteroatoms. The fraction of sp³-hybridized carbons (Fsp3) is 0.696. The van der Waals surface area contributed by atoms with Crippen LogP contribution in [0.5, 0.6) is 0 Å². The van der Waals surface area contributed by atoms with E-state index in [-0.39, 0.29) is 12.2 Å². The zero-order valence-electron chi connectivity index (χ0n) is 18.0. The molecule has 3 saturated heterocycles. The van der Waals surface area contributed by atoms with Crippen LogP contribution < -0.4 is 10.2 Å². The van der Waals surface area contributed by atoms with Crippen molar-refractivity contribution in [2.75, 3.05) is 51.3 Å². The number of rotatable bonds is 4. The van der Waals surface area contributed by atoms with Crippen LogP contribution in [0.25, 0.3) is 0 Å². The quantitative estimate of drug-likeness (QED) is 0.622. The molecule has 6 nitrogen and oxygen atoms in total. The van der Waals surface area contributed by atoms with E-state index in [2.05, 4.69) is 51.3 Å². The fourth-order valence-corrected chi connectivity index (χ4v) is 4.59. The van der Waals surface area contributed by atoms with Gasteiger partial charge in [-0.1, -0.05) is 19.1 Å². The number of piperidine rings is 1. The summed E-state index contributed by atoms with van der Waals surface area (Å²) in [5, 5.41) is 3.54. The molecule has 1 N–H and O–H groups in total.